The third-order valence-corrected chi connectivity index (χ3v) is 3.39. The van der Waals surface area contributed by atoms with Gasteiger partial charge in [0.1, 0.15) is 0 Å². The Morgan fingerprint density at radius 1 is 1.32 bits per heavy atom. The Morgan fingerprint density at radius 3 is 2.32 bits per heavy atom. The Kier molecular flexibility index (Phi) is 5.34. The van der Waals surface area contributed by atoms with Gasteiger partial charge in [-0.25, -0.2) is 4.79 Å². The highest BCUT2D eigenvalue weighted by atomic mass is 16.2. The Morgan fingerprint density at radius 2 is 1.89 bits per heavy atom. The van der Waals surface area contributed by atoms with E-state index in [1.165, 1.54) is 0 Å². The van der Waals surface area contributed by atoms with Crippen molar-refractivity contribution in [3.63, 3.8) is 0 Å². The van der Waals surface area contributed by atoms with Gasteiger partial charge in [0.25, 0.3) is 0 Å². The van der Waals surface area contributed by atoms with Gasteiger partial charge in [0, 0.05) is 12.2 Å². The lowest BCUT2D eigenvalue weighted by Crippen LogP contribution is -2.54. The summed E-state index contributed by atoms with van der Waals surface area (Å²) in [5.41, 5.74) is 6.57. The van der Waals surface area contributed by atoms with Crippen LogP contribution in [0.5, 0.6) is 0 Å². The Labute approximate surface area is 113 Å². The molecule has 0 aliphatic heterocycles. The molecule has 0 aliphatic rings. The first kappa shape index (κ1) is 15.0. The molecule has 0 unspecified atom stereocenters. The van der Waals surface area contributed by atoms with Crippen LogP contribution < -0.4 is 16.4 Å². The van der Waals surface area contributed by atoms with Crippen molar-refractivity contribution in [3.8, 4) is 6.07 Å². The quantitative estimate of drug-likeness (QED) is 0.758. The minimum atomic E-state index is -0.364. The summed E-state index contributed by atoms with van der Waals surface area (Å²) in [5.74, 6) is 0. The van der Waals surface area contributed by atoms with E-state index in [0.717, 1.165) is 12.8 Å². The van der Waals surface area contributed by atoms with E-state index in [0.29, 0.717) is 17.8 Å². The average molecular weight is 260 g/mol. The highest BCUT2D eigenvalue weighted by Crippen LogP contribution is 2.14. The number of carbonyl (C=O) groups excluding carboxylic acids is 1. The number of nitrogens with one attached hydrogen (secondary N) is 2. The van der Waals surface area contributed by atoms with Crippen LogP contribution in [0.4, 0.5) is 10.5 Å². The van der Waals surface area contributed by atoms with Crippen molar-refractivity contribution in [2.75, 3.05) is 11.9 Å². The third kappa shape index (κ3) is 3.97. The van der Waals surface area contributed by atoms with Gasteiger partial charge >= 0.3 is 6.03 Å². The molecule has 5 heteroatoms. The molecule has 0 aromatic heterocycles. The number of urea groups is 1. The van der Waals surface area contributed by atoms with Crippen molar-refractivity contribution in [1.29, 1.82) is 5.26 Å². The Bertz CT molecular complexity index is 449. The molecular weight excluding hydrogens is 240 g/mol. The fourth-order valence-electron chi connectivity index (χ4n) is 1.80. The first-order valence-corrected chi connectivity index (χ1v) is 6.38. The second-order valence-electron chi connectivity index (χ2n) is 4.46. The molecule has 0 spiro atoms. The van der Waals surface area contributed by atoms with Crippen molar-refractivity contribution in [2.24, 2.45) is 5.73 Å². The van der Waals surface area contributed by atoms with Crippen molar-refractivity contribution in [3.05, 3.63) is 29.8 Å². The summed E-state index contributed by atoms with van der Waals surface area (Å²) >= 11 is 0. The van der Waals surface area contributed by atoms with E-state index < -0.39 is 0 Å². The maximum absolute atomic E-state index is 11.9. The van der Waals surface area contributed by atoms with Gasteiger partial charge in [-0.3, -0.25) is 0 Å². The minimum absolute atomic E-state index is 0.279. The second kappa shape index (κ2) is 6.76. The number of hydrogen-bond acceptors (Lipinski definition) is 3. The molecule has 4 N–H and O–H groups in total. The highest BCUT2D eigenvalue weighted by Gasteiger charge is 2.26. The molecule has 1 aromatic carbocycles. The molecule has 2 amide bonds. The fraction of sp³-hybridized carbons (Fsp3) is 0.429. The van der Waals surface area contributed by atoms with Crippen LogP contribution in [-0.2, 0) is 0 Å². The number of carbonyl (C=O) groups is 1. The average Bonchev–Trinajstić information content (AvgIpc) is 2.46. The molecule has 0 heterocycles. The molecule has 19 heavy (non-hydrogen) atoms. The molecule has 102 valence electrons. The van der Waals surface area contributed by atoms with Gasteiger partial charge in [0.2, 0.25) is 0 Å². The maximum Gasteiger partial charge on any atom is 0.319 e. The topological polar surface area (TPSA) is 90.9 Å². The molecule has 5 nitrogen and oxygen atoms in total. The number of amides is 2. The van der Waals surface area contributed by atoms with E-state index in [9.17, 15) is 4.79 Å². The summed E-state index contributed by atoms with van der Waals surface area (Å²) < 4.78 is 0. The lowest BCUT2D eigenvalue weighted by molar-refractivity contribution is 0.233. The lowest BCUT2D eigenvalue weighted by Gasteiger charge is -2.31. The summed E-state index contributed by atoms with van der Waals surface area (Å²) in [4.78, 5) is 11.9. The van der Waals surface area contributed by atoms with Gasteiger partial charge in [-0.05, 0) is 37.1 Å². The van der Waals surface area contributed by atoms with E-state index in [2.05, 4.69) is 10.6 Å². The smallest absolute Gasteiger partial charge is 0.319 e. The largest absolute Gasteiger partial charge is 0.331 e. The van der Waals surface area contributed by atoms with Gasteiger partial charge < -0.3 is 16.4 Å². The number of nitrogens with two attached hydrogens (primary N) is 1. The van der Waals surface area contributed by atoms with Crippen LogP contribution >= 0.6 is 0 Å². The number of rotatable bonds is 5. The standard InChI is InChI=1S/C14H20N4O/c1-3-14(4-2,10-16)18-13(19)17-12-7-5-11(9-15)6-8-12/h5-8H,3-4,10,16H2,1-2H3,(H2,17,18,19). The number of anilines is 1. The Hall–Kier alpha value is -2.06. The normalized spacial score (nSPS) is 10.6. The molecule has 0 atom stereocenters. The van der Waals surface area contributed by atoms with Crippen molar-refractivity contribution < 1.29 is 4.79 Å². The van der Waals surface area contributed by atoms with Crippen LogP contribution in [0, 0.1) is 11.3 Å². The van der Waals surface area contributed by atoms with Crippen LogP contribution in [0.2, 0.25) is 0 Å². The molecule has 0 bridgehead atoms. The van der Waals surface area contributed by atoms with Crippen LogP contribution in [0.25, 0.3) is 0 Å². The predicted molar refractivity (Wildman–Crippen MR) is 75.7 cm³/mol. The molecule has 1 aromatic rings. The molecule has 0 fully saturated rings. The van der Waals surface area contributed by atoms with Gasteiger partial charge in [-0.15, -0.1) is 0 Å². The van der Waals surface area contributed by atoms with E-state index in [4.69, 9.17) is 11.0 Å². The summed E-state index contributed by atoms with van der Waals surface area (Å²) in [5, 5.41) is 14.3. The molecule has 0 radical (unpaired) electrons. The molecule has 0 aliphatic carbocycles. The lowest BCUT2D eigenvalue weighted by atomic mass is 9.93. The highest BCUT2D eigenvalue weighted by molar-refractivity contribution is 5.89. The van der Waals surface area contributed by atoms with Crippen molar-refractivity contribution in [1.82, 2.24) is 5.32 Å². The number of nitriles is 1. The van der Waals surface area contributed by atoms with E-state index in [1.807, 2.05) is 19.9 Å². The van der Waals surface area contributed by atoms with E-state index >= 15 is 0 Å². The number of hydrogen-bond donors (Lipinski definition) is 3. The van der Waals surface area contributed by atoms with Crippen LogP contribution in [0.3, 0.4) is 0 Å². The zero-order chi connectivity index (χ0) is 14.3. The third-order valence-electron chi connectivity index (χ3n) is 3.39. The van der Waals surface area contributed by atoms with Crippen LogP contribution in [0.1, 0.15) is 32.3 Å². The molecule has 0 saturated heterocycles. The second-order valence-corrected chi connectivity index (χ2v) is 4.46. The molecule has 0 saturated carbocycles. The zero-order valence-corrected chi connectivity index (χ0v) is 11.4. The van der Waals surface area contributed by atoms with Crippen molar-refractivity contribution in [2.45, 2.75) is 32.2 Å². The van der Waals surface area contributed by atoms with Gasteiger partial charge in [0.05, 0.1) is 17.2 Å². The molecular formula is C14H20N4O. The summed E-state index contributed by atoms with van der Waals surface area (Å²) in [6, 6.07) is 8.45. The Balaban J connectivity index is 2.66. The number of benzene rings is 1. The van der Waals surface area contributed by atoms with Crippen LogP contribution in [-0.4, -0.2) is 18.1 Å². The van der Waals surface area contributed by atoms with E-state index in [1.54, 1.807) is 24.3 Å². The van der Waals surface area contributed by atoms with Gasteiger partial charge in [-0.2, -0.15) is 5.26 Å². The summed E-state index contributed by atoms with van der Waals surface area (Å²) in [6.07, 6.45) is 1.56. The first-order chi connectivity index (χ1) is 9.09. The van der Waals surface area contributed by atoms with Gasteiger partial charge in [0.15, 0.2) is 0 Å². The zero-order valence-electron chi connectivity index (χ0n) is 11.4. The first-order valence-electron chi connectivity index (χ1n) is 6.38. The van der Waals surface area contributed by atoms with Gasteiger partial charge in [-0.1, -0.05) is 13.8 Å². The van der Waals surface area contributed by atoms with E-state index in [-0.39, 0.29) is 11.6 Å². The van der Waals surface area contributed by atoms with Crippen molar-refractivity contribution >= 4 is 11.7 Å². The maximum atomic E-state index is 11.9. The number of nitrogens with zero attached hydrogens (tertiary/aromatic N) is 1. The predicted octanol–water partition coefficient (Wildman–Crippen LogP) is 2.20. The SMILES string of the molecule is CCC(CC)(CN)NC(=O)Nc1ccc(C#N)cc1. The minimum Gasteiger partial charge on any atom is -0.331 e. The summed E-state index contributed by atoms with van der Waals surface area (Å²) in [6.45, 7) is 4.40. The monoisotopic (exact) mass is 260 g/mol. The summed E-state index contributed by atoms with van der Waals surface area (Å²) in [7, 11) is 0. The van der Waals surface area contributed by atoms with Crippen LogP contribution in [0.15, 0.2) is 24.3 Å². The molecule has 1 rings (SSSR count). The fourth-order valence-corrected chi connectivity index (χ4v) is 1.80.